The number of hydrogen-bond donors (Lipinski definition) is 2. The van der Waals surface area contributed by atoms with E-state index >= 15 is 0 Å². The molecule has 0 radical (unpaired) electrons. The molecule has 184 valence electrons. The fourth-order valence-electron chi connectivity index (χ4n) is 3.57. The second-order valence-electron chi connectivity index (χ2n) is 8.97. The molecule has 1 aliphatic rings. The lowest BCUT2D eigenvalue weighted by Gasteiger charge is -2.20. The van der Waals surface area contributed by atoms with Crippen LogP contribution in [0.1, 0.15) is 35.6 Å². The number of hydrogen-bond acceptors (Lipinski definition) is 6. The molecule has 2 heterocycles. The molecule has 2 aromatic carbocycles. The minimum Gasteiger partial charge on any atom is -0.489 e. The molecule has 0 fully saturated rings. The summed E-state index contributed by atoms with van der Waals surface area (Å²) in [4.78, 5) is 32.0. The van der Waals surface area contributed by atoms with Crippen molar-refractivity contribution in [2.75, 3.05) is 18.6 Å². The summed E-state index contributed by atoms with van der Waals surface area (Å²) in [5.41, 5.74) is 0.725. The standard InChI is InChI=1S/C28H27N3O5/c1-18-14-21(36-20-8-6-5-7-9-20)16-22(29-18)26(32)30-23-17-35-25-11-10-19(12-13-28(2,3)34)15-24(25)31(4)27(23)33/h5-11,14-16,23,34H,17H2,1-4H3,(H,30,32)/t23-/m1/s1. The monoisotopic (exact) mass is 485 g/mol. The highest BCUT2D eigenvalue weighted by Gasteiger charge is 2.31. The van der Waals surface area contributed by atoms with Crippen LogP contribution in [-0.2, 0) is 4.79 Å². The number of pyridine rings is 1. The highest BCUT2D eigenvalue weighted by molar-refractivity contribution is 6.03. The minimum atomic E-state index is -1.14. The summed E-state index contributed by atoms with van der Waals surface area (Å²) in [6.45, 7) is 4.90. The zero-order valence-electron chi connectivity index (χ0n) is 20.5. The van der Waals surface area contributed by atoms with Gasteiger partial charge in [-0.05, 0) is 51.1 Å². The van der Waals surface area contributed by atoms with Crippen LogP contribution in [0, 0.1) is 18.8 Å². The summed E-state index contributed by atoms with van der Waals surface area (Å²) in [6.07, 6.45) is 0. The minimum absolute atomic E-state index is 0.0458. The van der Waals surface area contributed by atoms with Crippen LogP contribution in [0.2, 0.25) is 0 Å². The van der Waals surface area contributed by atoms with Crippen molar-refractivity contribution < 1.29 is 24.2 Å². The highest BCUT2D eigenvalue weighted by atomic mass is 16.5. The Labute approximate surface area is 209 Å². The lowest BCUT2D eigenvalue weighted by Crippen LogP contribution is -2.49. The number of nitrogens with one attached hydrogen (secondary N) is 1. The van der Waals surface area contributed by atoms with Gasteiger partial charge in [-0.15, -0.1) is 0 Å². The Kier molecular flexibility index (Phi) is 6.95. The van der Waals surface area contributed by atoms with Gasteiger partial charge in [0.1, 0.15) is 41.2 Å². The van der Waals surface area contributed by atoms with Gasteiger partial charge < -0.3 is 24.8 Å². The van der Waals surface area contributed by atoms with E-state index in [4.69, 9.17) is 9.47 Å². The number of aryl methyl sites for hydroxylation is 1. The van der Waals surface area contributed by atoms with Crippen LogP contribution >= 0.6 is 0 Å². The lowest BCUT2D eigenvalue weighted by atomic mass is 10.1. The Balaban J connectivity index is 1.51. The SMILES string of the molecule is Cc1cc(Oc2ccccc2)cc(C(=O)N[C@@H]2COc3ccc(C#CC(C)(C)O)cc3N(C)C2=O)n1. The fourth-order valence-corrected chi connectivity index (χ4v) is 3.57. The highest BCUT2D eigenvalue weighted by Crippen LogP contribution is 2.31. The van der Waals surface area contributed by atoms with Gasteiger partial charge in [-0.25, -0.2) is 4.98 Å². The number of carbonyl (C=O) groups is 2. The zero-order valence-corrected chi connectivity index (χ0v) is 20.5. The van der Waals surface area contributed by atoms with E-state index in [-0.39, 0.29) is 18.2 Å². The normalized spacial score (nSPS) is 15.1. The number of ether oxygens (including phenoxy) is 2. The molecule has 1 aromatic heterocycles. The maximum absolute atomic E-state index is 13.2. The van der Waals surface area contributed by atoms with Crippen LogP contribution in [0.5, 0.6) is 17.2 Å². The third kappa shape index (κ3) is 6.01. The zero-order chi connectivity index (χ0) is 25.9. The summed E-state index contributed by atoms with van der Waals surface area (Å²) in [5.74, 6) is 6.37. The predicted octanol–water partition coefficient (Wildman–Crippen LogP) is 3.46. The Bertz CT molecular complexity index is 1350. The van der Waals surface area contributed by atoms with E-state index in [1.54, 1.807) is 52.1 Å². The van der Waals surface area contributed by atoms with Crippen molar-refractivity contribution in [3.8, 4) is 29.1 Å². The van der Waals surface area contributed by atoms with Crippen LogP contribution in [0.4, 0.5) is 5.69 Å². The predicted molar refractivity (Wildman–Crippen MR) is 135 cm³/mol. The molecule has 0 unspecified atom stereocenters. The van der Waals surface area contributed by atoms with Gasteiger partial charge in [-0.1, -0.05) is 30.0 Å². The van der Waals surface area contributed by atoms with Crippen LogP contribution in [0.3, 0.4) is 0 Å². The lowest BCUT2D eigenvalue weighted by molar-refractivity contribution is -0.120. The summed E-state index contributed by atoms with van der Waals surface area (Å²) >= 11 is 0. The first-order valence-corrected chi connectivity index (χ1v) is 11.4. The smallest absolute Gasteiger partial charge is 0.270 e. The van der Waals surface area contributed by atoms with Gasteiger partial charge in [0.05, 0.1) is 5.69 Å². The first-order chi connectivity index (χ1) is 17.1. The molecule has 36 heavy (non-hydrogen) atoms. The summed E-state index contributed by atoms with van der Waals surface area (Å²) in [7, 11) is 1.61. The maximum atomic E-state index is 13.2. The van der Waals surface area contributed by atoms with Crippen molar-refractivity contribution in [2.45, 2.75) is 32.4 Å². The summed E-state index contributed by atoms with van der Waals surface area (Å²) < 4.78 is 11.7. The number of anilines is 1. The van der Waals surface area contributed by atoms with E-state index in [1.807, 2.05) is 30.3 Å². The van der Waals surface area contributed by atoms with E-state index in [0.717, 1.165) is 0 Å². The van der Waals surface area contributed by atoms with Crippen LogP contribution in [0.25, 0.3) is 0 Å². The second-order valence-corrected chi connectivity index (χ2v) is 8.97. The largest absolute Gasteiger partial charge is 0.489 e. The Hall–Kier alpha value is -4.35. The van der Waals surface area contributed by atoms with Crippen molar-refractivity contribution >= 4 is 17.5 Å². The van der Waals surface area contributed by atoms with Crippen molar-refractivity contribution in [1.82, 2.24) is 10.3 Å². The van der Waals surface area contributed by atoms with Crippen LogP contribution in [-0.4, -0.2) is 47.2 Å². The quantitative estimate of drug-likeness (QED) is 0.549. The third-order valence-corrected chi connectivity index (χ3v) is 5.31. The molecule has 4 rings (SSSR count). The number of amides is 2. The molecule has 3 aromatic rings. The summed E-state index contributed by atoms with van der Waals surface area (Å²) in [5, 5.41) is 12.6. The van der Waals surface area contributed by atoms with Crippen molar-refractivity contribution in [3.63, 3.8) is 0 Å². The number of para-hydroxylation sites is 1. The fraction of sp³-hybridized carbons (Fsp3) is 0.250. The van der Waals surface area contributed by atoms with Crippen molar-refractivity contribution in [3.05, 3.63) is 77.6 Å². The van der Waals surface area contributed by atoms with E-state index in [9.17, 15) is 14.7 Å². The molecular weight excluding hydrogens is 458 g/mol. The second kappa shape index (κ2) is 10.1. The number of nitrogens with zero attached hydrogens (tertiary/aromatic N) is 2. The van der Waals surface area contributed by atoms with Crippen molar-refractivity contribution in [2.24, 2.45) is 0 Å². The van der Waals surface area contributed by atoms with E-state index < -0.39 is 17.6 Å². The van der Waals surface area contributed by atoms with Gasteiger partial charge >= 0.3 is 0 Å². The van der Waals surface area contributed by atoms with E-state index in [0.29, 0.717) is 34.2 Å². The Morgan fingerprint density at radius 1 is 1.17 bits per heavy atom. The van der Waals surface area contributed by atoms with Crippen LogP contribution in [0.15, 0.2) is 60.7 Å². The molecule has 0 saturated carbocycles. The van der Waals surface area contributed by atoms with Gasteiger partial charge in [0, 0.05) is 30.4 Å². The molecule has 1 aliphatic heterocycles. The summed E-state index contributed by atoms with van der Waals surface area (Å²) in [6, 6.07) is 16.7. The maximum Gasteiger partial charge on any atom is 0.270 e. The van der Waals surface area contributed by atoms with Crippen LogP contribution < -0.4 is 19.7 Å². The molecule has 0 spiro atoms. The van der Waals surface area contributed by atoms with E-state index in [2.05, 4.69) is 22.1 Å². The molecule has 8 heteroatoms. The van der Waals surface area contributed by atoms with Gasteiger partial charge in [0.2, 0.25) is 0 Å². The number of rotatable bonds is 4. The topological polar surface area (TPSA) is 101 Å². The average Bonchev–Trinajstić information content (AvgIpc) is 2.94. The molecule has 0 bridgehead atoms. The van der Waals surface area contributed by atoms with E-state index in [1.165, 1.54) is 11.0 Å². The average molecular weight is 486 g/mol. The molecule has 1 atom stereocenters. The first-order valence-electron chi connectivity index (χ1n) is 11.4. The number of likely N-dealkylation sites (N-methyl/N-ethyl adjacent to an activating group) is 1. The molecule has 8 nitrogen and oxygen atoms in total. The molecule has 0 aliphatic carbocycles. The number of aliphatic hydroxyl groups is 1. The molecular formula is C28H27N3O5. The first kappa shape index (κ1) is 24.8. The van der Waals surface area contributed by atoms with Crippen molar-refractivity contribution in [1.29, 1.82) is 0 Å². The molecule has 0 saturated heterocycles. The van der Waals surface area contributed by atoms with Gasteiger partial charge in [-0.2, -0.15) is 0 Å². The van der Waals surface area contributed by atoms with Gasteiger partial charge in [0.15, 0.2) is 0 Å². The third-order valence-electron chi connectivity index (χ3n) is 5.31. The number of aromatic nitrogens is 1. The number of benzene rings is 2. The molecule has 2 N–H and O–H groups in total. The number of carbonyl (C=O) groups excluding carboxylic acids is 2. The Morgan fingerprint density at radius 2 is 1.92 bits per heavy atom. The Morgan fingerprint density at radius 3 is 2.64 bits per heavy atom. The van der Waals surface area contributed by atoms with Gasteiger partial charge in [0.25, 0.3) is 11.8 Å². The molecule has 2 amide bonds. The number of fused-ring (bicyclic) bond motifs is 1. The van der Waals surface area contributed by atoms with Gasteiger partial charge in [-0.3, -0.25) is 9.59 Å².